The number of fused-ring (bicyclic) bond motifs is 4. The van der Waals surface area contributed by atoms with E-state index in [9.17, 15) is 19.0 Å². The van der Waals surface area contributed by atoms with Gasteiger partial charge in [-0.3, -0.25) is 9.56 Å². The summed E-state index contributed by atoms with van der Waals surface area (Å²) >= 11 is 6.27. The van der Waals surface area contributed by atoms with Crippen LogP contribution < -0.4 is 18.9 Å². The SMILES string of the molecule is COc1cc(/C=C/C2=NC[C@]3(c4ccc(C)cc4)[C@@H](O)CCCN23)ccc1-n1cnc(C)c1.COc1cc(/C=C/C2=NOC3(c4cc(C)cc(F)c4)CCCCN23)ccc1-n1cc(C)nc1Cl.COc1cc(/C=C/C2=NOC3(c4cc(C)cc(F)c4)CCCCN23)ccc1-n1cnc(C)c1.COc1cc(/C=C/C2=NO[C@]3(c4ccc(C)cc4)[C@H](O)CCCN23)ccc1-n1cnc(C)c1. The van der Waals surface area contributed by atoms with Crippen LogP contribution in [0.2, 0.25) is 5.28 Å². The van der Waals surface area contributed by atoms with Gasteiger partial charge in [0.1, 0.15) is 52.1 Å². The molecule has 0 saturated carbocycles. The minimum atomic E-state index is -0.980. The number of aromatic nitrogens is 8. The Morgan fingerprint density at radius 3 is 1.19 bits per heavy atom. The molecule has 0 aliphatic carbocycles. The molecule has 4 aromatic heterocycles. The summed E-state index contributed by atoms with van der Waals surface area (Å²) in [5.74, 6) is 5.52. The van der Waals surface area contributed by atoms with Gasteiger partial charge < -0.3 is 77.0 Å². The zero-order valence-corrected chi connectivity index (χ0v) is 77.7. The second-order valence-electron chi connectivity index (χ2n) is 34.9. The first kappa shape index (κ1) is 91.0. The average Bonchev–Trinajstić information content (AvgIpc) is 1.60. The van der Waals surface area contributed by atoms with E-state index < -0.39 is 34.9 Å². The van der Waals surface area contributed by atoms with E-state index in [0.717, 1.165) is 225 Å². The first-order valence-corrected chi connectivity index (χ1v) is 45.5. The van der Waals surface area contributed by atoms with Gasteiger partial charge in [-0.1, -0.05) is 124 Å². The van der Waals surface area contributed by atoms with E-state index in [1.165, 1.54) is 17.7 Å². The maximum atomic E-state index is 14.2. The molecule has 0 amide bonds. The van der Waals surface area contributed by atoms with Crippen molar-refractivity contribution < 1.29 is 52.5 Å². The van der Waals surface area contributed by atoms with Crippen molar-refractivity contribution in [3.63, 3.8) is 0 Å². The molecule has 28 heteroatoms. The summed E-state index contributed by atoms with van der Waals surface area (Å²) in [6, 6.07) is 50.8. The van der Waals surface area contributed by atoms with E-state index in [2.05, 4.69) is 104 Å². The Bertz CT molecular complexity index is 6300. The van der Waals surface area contributed by atoms with Crippen molar-refractivity contribution in [3.8, 4) is 45.7 Å². The summed E-state index contributed by atoms with van der Waals surface area (Å²) < 4.78 is 58.6. The number of imidazole rings is 4. The summed E-state index contributed by atoms with van der Waals surface area (Å²) in [6.45, 7) is 19.5. The number of methoxy groups -OCH3 is 4. The standard InChI is InChI=1S/C27H30N4O2.C26H26ClFN4O2.C26H27FN4O2.C26H28N4O3/c1-19-6-10-22(11-7-19)27-17-28-26(31(27)14-4-5-25(27)32)13-9-21-8-12-23(24(15-21)33-3)30-16-20(2)29-18-30;1-17-12-20(15-21(28)13-17)26-10-4-5-11-32(26)24(30-34-26)9-7-19-6-8-22(23(14-19)33-3)31-16-18(2)29-25(31)27;1-18-12-21(15-22(27)13-18)26-10-4-5-11-31(26)25(29-33-26)9-7-20-6-8-23(24(14-20)32-3)30-16-19(2)28-17-30;1-18-6-10-21(11-7-18)26-24(31)5-4-14-30(26)25(28-33-26)13-9-20-8-12-22(23(15-20)32-3)29-16-19(2)27-17-29/h6-13,15-16,18,25,32H,4-5,14,17H2,1-3H3;6-9,12-16H,4-5,10-11H2,1-3H3;6-9,12-17H,4-5,10-11H2,1-3H3;6-13,15-17,24,31H,4-5,14H2,1-3H3/b13-9+;2*9-7+;13-9+/t25-,27-;;;24-,26-/m0..1/s1. The molecule has 8 aliphatic rings. The fourth-order valence-electron chi connectivity index (χ4n) is 19.1. The molecular formula is C105H111ClF2N16O9. The molecule has 686 valence electrons. The molecule has 133 heavy (non-hydrogen) atoms. The number of hydrogen-bond acceptors (Lipinski definition) is 21. The quantitative estimate of drug-likeness (QED) is 0.0721. The van der Waals surface area contributed by atoms with Gasteiger partial charge >= 0.3 is 0 Å². The maximum absolute atomic E-state index is 14.2. The number of aliphatic hydroxyl groups excluding tert-OH is 2. The number of amidine groups is 4. The van der Waals surface area contributed by atoms with Crippen molar-refractivity contribution in [2.75, 3.05) is 61.2 Å². The summed E-state index contributed by atoms with van der Waals surface area (Å²) in [5.41, 5.74) is 16.0. The van der Waals surface area contributed by atoms with Gasteiger partial charge in [0, 0.05) is 80.5 Å². The number of benzene rings is 8. The normalized spacial score (nSPS) is 21.1. The van der Waals surface area contributed by atoms with Crippen LogP contribution in [0.4, 0.5) is 8.78 Å². The summed E-state index contributed by atoms with van der Waals surface area (Å²) in [7, 11) is 6.63. The highest BCUT2D eigenvalue weighted by Crippen LogP contribution is 2.49. The maximum Gasteiger partial charge on any atom is 0.263 e. The monoisotopic (exact) mass is 1810 g/mol. The lowest BCUT2D eigenvalue weighted by Gasteiger charge is -2.47. The number of halogens is 3. The second-order valence-corrected chi connectivity index (χ2v) is 35.3. The Morgan fingerprint density at radius 1 is 0.383 bits per heavy atom. The minimum absolute atomic E-state index is 0.252. The average molecular weight is 1810 g/mol. The van der Waals surface area contributed by atoms with E-state index in [-0.39, 0.29) is 11.6 Å². The summed E-state index contributed by atoms with van der Waals surface area (Å²) in [6.07, 6.45) is 36.8. The van der Waals surface area contributed by atoms with Crippen molar-refractivity contribution in [2.45, 2.75) is 155 Å². The molecule has 4 saturated heterocycles. The van der Waals surface area contributed by atoms with Gasteiger partial charge in [-0.2, -0.15) is 0 Å². The smallest absolute Gasteiger partial charge is 0.263 e. The Kier molecular flexibility index (Phi) is 26.6. The first-order chi connectivity index (χ1) is 64.4. The van der Waals surface area contributed by atoms with E-state index in [1.807, 2.05) is 227 Å². The van der Waals surface area contributed by atoms with E-state index >= 15 is 0 Å². The van der Waals surface area contributed by atoms with Crippen LogP contribution in [0.5, 0.6) is 23.0 Å². The molecule has 0 bridgehead atoms. The lowest BCUT2D eigenvalue weighted by molar-refractivity contribution is -0.194. The van der Waals surface area contributed by atoms with Crippen LogP contribution in [-0.2, 0) is 37.2 Å². The molecule has 2 unspecified atom stereocenters. The van der Waals surface area contributed by atoms with Crippen LogP contribution in [0.1, 0.15) is 154 Å². The molecule has 0 spiro atoms. The zero-order chi connectivity index (χ0) is 92.9. The number of nitrogens with zero attached hydrogens (tertiary/aromatic N) is 16. The largest absolute Gasteiger partial charge is 0.495 e. The molecular weight excluding hydrogens is 1700 g/mol. The predicted molar refractivity (Wildman–Crippen MR) is 515 cm³/mol. The molecule has 8 aliphatic heterocycles. The zero-order valence-electron chi connectivity index (χ0n) is 77.0. The van der Waals surface area contributed by atoms with Crippen LogP contribution in [0.3, 0.4) is 0 Å². The van der Waals surface area contributed by atoms with Gasteiger partial charge in [-0.05, 0) is 267 Å². The number of aryl methyl sites for hydroxylation is 8. The number of ether oxygens (including phenoxy) is 4. The molecule has 2 N–H and O–H groups in total. The van der Waals surface area contributed by atoms with Gasteiger partial charge in [0.15, 0.2) is 17.5 Å². The molecule has 12 aromatic rings. The van der Waals surface area contributed by atoms with Crippen LogP contribution >= 0.6 is 11.6 Å². The van der Waals surface area contributed by atoms with Gasteiger partial charge in [-0.25, -0.2) is 28.7 Å². The fraction of sp³-hybridized carbons (Fsp3) is 0.314. The first-order valence-electron chi connectivity index (χ1n) is 45.1. The van der Waals surface area contributed by atoms with Crippen molar-refractivity contribution in [1.29, 1.82) is 0 Å². The number of hydrogen-bond donors (Lipinski definition) is 2. The molecule has 4 fully saturated rings. The van der Waals surface area contributed by atoms with Crippen LogP contribution in [0.25, 0.3) is 47.1 Å². The van der Waals surface area contributed by atoms with Gasteiger partial charge in [0.05, 0.1) is 106 Å². The van der Waals surface area contributed by atoms with Crippen LogP contribution in [0, 0.1) is 67.0 Å². The lowest BCUT2D eigenvalue weighted by atomic mass is 9.78. The predicted octanol–water partition coefficient (Wildman–Crippen LogP) is 19.8. The van der Waals surface area contributed by atoms with Crippen molar-refractivity contribution in [2.24, 2.45) is 20.5 Å². The summed E-state index contributed by atoms with van der Waals surface area (Å²) in [4.78, 5) is 48.7. The highest BCUT2D eigenvalue weighted by Gasteiger charge is 2.56. The molecule has 6 atom stereocenters. The number of rotatable bonds is 20. The Balaban J connectivity index is 0.000000124. The van der Waals surface area contributed by atoms with Crippen LogP contribution in [-0.4, -0.2) is 165 Å². The second kappa shape index (κ2) is 38.9. The third-order valence-electron chi connectivity index (χ3n) is 25.7. The molecule has 0 radical (unpaired) electrons. The van der Waals surface area contributed by atoms with Crippen molar-refractivity contribution in [1.82, 2.24) is 57.8 Å². The van der Waals surface area contributed by atoms with Crippen LogP contribution in [0.15, 0.2) is 246 Å². The highest BCUT2D eigenvalue weighted by atomic mass is 35.5. The van der Waals surface area contributed by atoms with Gasteiger partial charge in [0.2, 0.25) is 16.7 Å². The number of aliphatic hydroxyl groups is 2. The number of piperidine rings is 4. The highest BCUT2D eigenvalue weighted by molar-refractivity contribution is 6.28. The minimum Gasteiger partial charge on any atom is -0.495 e. The lowest BCUT2D eigenvalue weighted by Crippen LogP contribution is -2.57. The van der Waals surface area contributed by atoms with Crippen molar-refractivity contribution in [3.05, 3.63) is 332 Å². The molecule has 12 heterocycles. The molecule has 20 rings (SSSR count). The Morgan fingerprint density at radius 2 is 0.774 bits per heavy atom. The number of oxime groups is 3. The number of aliphatic imine (C=N–C) groups is 1. The molecule has 8 aromatic carbocycles. The van der Waals surface area contributed by atoms with E-state index in [0.29, 0.717) is 29.8 Å². The third-order valence-corrected chi connectivity index (χ3v) is 26.0. The fourth-order valence-corrected chi connectivity index (χ4v) is 19.3. The Hall–Kier alpha value is -13.9. The van der Waals surface area contributed by atoms with Gasteiger partial charge in [-0.15, -0.1) is 0 Å². The van der Waals surface area contributed by atoms with Gasteiger partial charge in [0.25, 0.3) is 5.72 Å². The summed E-state index contributed by atoms with van der Waals surface area (Å²) in [5, 5.41) is 35.6. The molecule has 25 nitrogen and oxygen atoms in total. The van der Waals surface area contributed by atoms with E-state index in [4.69, 9.17) is 50.1 Å². The third kappa shape index (κ3) is 18.5. The topological polar surface area (TPSA) is 239 Å². The Labute approximate surface area is 779 Å². The van der Waals surface area contributed by atoms with Crippen molar-refractivity contribution >= 4 is 59.2 Å². The van der Waals surface area contributed by atoms with E-state index in [1.54, 1.807) is 64.1 Å².